The van der Waals surface area contributed by atoms with Crippen molar-refractivity contribution in [2.75, 3.05) is 11.5 Å². The van der Waals surface area contributed by atoms with Crippen molar-refractivity contribution >= 4 is 45.2 Å². The molecule has 0 saturated carbocycles. The lowest BCUT2D eigenvalue weighted by Crippen LogP contribution is -2.29. The van der Waals surface area contributed by atoms with E-state index in [0.29, 0.717) is 26.9 Å². The highest BCUT2D eigenvalue weighted by molar-refractivity contribution is 9.10. The van der Waals surface area contributed by atoms with Gasteiger partial charge in [0, 0.05) is 10.0 Å². The van der Waals surface area contributed by atoms with Gasteiger partial charge in [-0.1, -0.05) is 45.8 Å². The Morgan fingerprint density at radius 2 is 1.45 bits per heavy atom. The number of hydrogen-bond acceptors (Lipinski definition) is 5. The van der Waals surface area contributed by atoms with E-state index in [4.69, 9.17) is 4.74 Å². The summed E-state index contributed by atoms with van der Waals surface area (Å²) in [5, 5.41) is 0. The summed E-state index contributed by atoms with van der Waals surface area (Å²) in [6.07, 6.45) is 0. The second-order valence-electron chi connectivity index (χ2n) is 7.05. The molecule has 3 aromatic rings. The number of benzene rings is 3. The first kappa shape index (κ1) is 20.7. The van der Waals surface area contributed by atoms with Crippen LogP contribution in [0.25, 0.3) is 0 Å². The highest BCUT2D eigenvalue weighted by Crippen LogP contribution is 2.30. The molecule has 0 fully saturated rings. The summed E-state index contributed by atoms with van der Waals surface area (Å²) in [5.74, 6) is -1.83. The van der Waals surface area contributed by atoms with E-state index in [1.54, 1.807) is 30.3 Å². The van der Waals surface area contributed by atoms with E-state index in [1.807, 2.05) is 19.1 Å². The standard InChI is InChI=1S/C24H16BrNO5/c1-14-2-4-15(5-3-14)21(27)13-31-24(30)16-6-9-18(10-7-16)26-22(28)19-11-8-17(25)12-20(19)23(26)29/h2-12H,13H2,1H3. The fourth-order valence-corrected chi connectivity index (χ4v) is 3.59. The number of esters is 1. The van der Waals surface area contributed by atoms with Crippen LogP contribution in [0.15, 0.2) is 71.2 Å². The van der Waals surface area contributed by atoms with Crippen LogP contribution in [0.5, 0.6) is 0 Å². The number of rotatable bonds is 5. The van der Waals surface area contributed by atoms with Crippen LogP contribution in [0, 0.1) is 6.92 Å². The summed E-state index contributed by atoms with van der Waals surface area (Å²) in [6.45, 7) is 1.54. The third-order valence-electron chi connectivity index (χ3n) is 4.92. The molecular weight excluding hydrogens is 462 g/mol. The van der Waals surface area contributed by atoms with Crippen LogP contribution in [0.1, 0.15) is 47.0 Å². The summed E-state index contributed by atoms with van der Waals surface area (Å²) in [4.78, 5) is 50.8. The SMILES string of the molecule is Cc1ccc(C(=O)COC(=O)c2ccc(N3C(=O)c4ccc(Br)cc4C3=O)cc2)cc1. The molecule has 6 nitrogen and oxygen atoms in total. The lowest BCUT2D eigenvalue weighted by atomic mass is 10.1. The molecule has 1 aliphatic heterocycles. The molecule has 0 aliphatic carbocycles. The minimum Gasteiger partial charge on any atom is -0.454 e. The average Bonchev–Trinajstić information content (AvgIpc) is 3.02. The molecule has 3 aromatic carbocycles. The lowest BCUT2D eigenvalue weighted by Gasteiger charge is -2.14. The van der Waals surface area contributed by atoms with E-state index in [9.17, 15) is 19.2 Å². The van der Waals surface area contributed by atoms with Gasteiger partial charge in [0.05, 0.1) is 22.4 Å². The number of aryl methyl sites for hydroxylation is 1. The molecule has 4 rings (SSSR count). The van der Waals surface area contributed by atoms with E-state index in [-0.39, 0.29) is 18.0 Å². The maximum atomic E-state index is 12.7. The second-order valence-corrected chi connectivity index (χ2v) is 7.96. The van der Waals surface area contributed by atoms with Crippen molar-refractivity contribution in [1.29, 1.82) is 0 Å². The molecule has 1 aliphatic rings. The third-order valence-corrected chi connectivity index (χ3v) is 5.41. The van der Waals surface area contributed by atoms with Crippen molar-refractivity contribution in [2.24, 2.45) is 0 Å². The number of carbonyl (C=O) groups is 4. The first-order valence-corrected chi connectivity index (χ1v) is 10.2. The lowest BCUT2D eigenvalue weighted by molar-refractivity contribution is 0.0474. The van der Waals surface area contributed by atoms with E-state index >= 15 is 0 Å². The quantitative estimate of drug-likeness (QED) is 0.304. The Morgan fingerprint density at radius 1 is 0.839 bits per heavy atom. The summed E-state index contributed by atoms with van der Waals surface area (Å²) in [7, 11) is 0. The fourth-order valence-electron chi connectivity index (χ4n) is 3.23. The topological polar surface area (TPSA) is 80.8 Å². The van der Waals surface area contributed by atoms with Crippen molar-refractivity contribution in [3.8, 4) is 0 Å². The molecule has 0 unspecified atom stereocenters. The first-order chi connectivity index (χ1) is 14.8. The van der Waals surface area contributed by atoms with E-state index in [1.165, 1.54) is 24.3 Å². The van der Waals surface area contributed by atoms with Gasteiger partial charge in [-0.2, -0.15) is 0 Å². The Hall–Kier alpha value is -3.58. The summed E-state index contributed by atoms with van der Waals surface area (Å²) in [5.41, 5.74) is 2.68. The van der Waals surface area contributed by atoms with Crippen LogP contribution in [0.3, 0.4) is 0 Å². The number of ether oxygens (including phenoxy) is 1. The van der Waals surface area contributed by atoms with Gasteiger partial charge in [-0.3, -0.25) is 14.4 Å². The fraction of sp³-hybridized carbons (Fsp3) is 0.0833. The highest BCUT2D eigenvalue weighted by atomic mass is 79.9. The van der Waals surface area contributed by atoms with Gasteiger partial charge in [-0.25, -0.2) is 9.69 Å². The Labute approximate surface area is 186 Å². The van der Waals surface area contributed by atoms with E-state index < -0.39 is 17.8 Å². The summed E-state index contributed by atoms with van der Waals surface area (Å²) < 4.78 is 5.81. The number of anilines is 1. The van der Waals surface area contributed by atoms with Gasteiger partial charge < -0.3 is 4.74 Å². The maximum absolute atomic E-state index is 12.7. The van der Waals surface area contributed by atoms with Gasteiger partial charge >= 0.3 is 5.97 Å². The highest BCUT2D eigenvalue weighted by Gasteiger charge is 2.36. The van der Waals surface area contributed by atoms with Crippen molar-refractivity contribution < 1.29 is 23.9 Å². The van der Waals surface area contributed by atoms with Crippen LogP contribution >= 0.6 is 15.9 Å². The van der Waals surface area contributed by atoms with Crippen LogP contribution in [0.2, 0.25) is 0 Å². The zero-order valence-corrected chi connectivity index (χ0v) is 18.0. The molecule has 0 N–H and O–H groups in total. The molecule has 0 atom stereocenters. The van der Waals surface area contributed by atoms with Gasteiger partial charge in [-0.15, -0.1) is 0 Å². The molecular formula is C24H16BrNO5. The summed E-state index contributed by atoms with van der Waals surface area (Å²) >= 11 is 3.30. The van der Waals surface area contributed by atoms with Gasteiger partial charge in [0.15, 0.2) is 12.4 Å². The molecule has 1 heterocycles. The Kier molecular flexibility index (Phi) is 5.52. The number of imide groups is 1. The number of nitrogens with zero attached hydrogens (tertiary/aromatic N) is 1. The molecule has 0 bridgehead atoms. The van der Waals surface area contributed by atoms with Gasteiger partial charge in [0.25, 0.3) is 11.8 Å². The first-order valence-electron chi connectivity index (χ1n) is 9.40. The smallest absolute Gasteiger partial charge is 0.338 e. The van der Waals surface area contributed by atoms with Crippen molar-refractivity contribution in [1.82, 2.24) is 0 Å². The second kappa shape index (κ2) is 8.28. The predicted molar refractivity (Wildman–Crippen MR) is 118 cm³/mol. The minimum absolute atomic E-state index is 0.208. The normalized spacial score (nSPS) is 12.6. The molecule has 7 heteroatoms. The molecule has 2 amide bonds. The van der Waals surface area contributed by atoms with Gasteiger partial charge in [-0.05, 0) is 49.4 Å². The average molecular weight is 478 g/mol. The zero-order chi connectivity index (χ0) is 22.1. The Morgan fingerprint density at radius 3 is 2.13 bits per heavy atom. The molecule has 0 aromatic heterocycles. The van der Waals surface area contributed by atoms with E-state index in [2.05, 4.69) is 15.9 Å². The summed E-state index contributed by atoms with van der Waals surface area (Å²) in [6, 6.07) is 17.8. The Balaban J connectivity index is 1.44. The Bertz CT molecular complexity index is 1220. The molecule has 0 spiro atoms. The van der Waals surface area contributed by atoms with Crippen LogP contribution < -0.4 is 4.90 Å². The molecule has 154 valence electrons. The van der Waals surface area contributed by atoms with Crippen LogP contribution in [-0.4, -0.2) is 30.2 Å². The van der Waals surface area contributed by atoms with Crippen molar-refractivity contribution in [2.45, 2.75) is 6.92 Å². The monoisotopic (exact) mass is 477 g/mol. The number of ketones is 1. The zero-order valence-electron chi connectivity index (χ0n) is 16.4. The van der Waals surface area contributed by atoms with Crippen LogP contribution in [0.4, 0.5) is 5.69 Å². The molecule has 31 heavy (non-hydrogen) atoms. The number of hydrogen-bond donors (Lipinski definition) is 0. The number of amides is 2. The number of halogens is 1. The number of carbonyl (C=O) groups excluding carboxylic acids is 4. The predicted octanol–water partition coefficient (Wildman–Crippen LogP) is 4.60. The number of Topliss-reactive ketones (excluding diaryl/α,β-unsaturated/α-hetero) is 1. The molecule has 0 radical (unpaired) electrons. The molecule has 0 saturated heterocycles. The number of fused-ring (bicyclic) bond motifs is 1. The minimum atomic E-state index is -0.668. The maximum Gasteiger partial charge on any atom is 0.338 e. The van der Waals surface area contributed by atoms with Gasteiger partial charge in [0.1, 0.15) is 0 Å². The third kappa shape index (κ3) is 4.04. The van der Waals surface area contributed by atoms with Crippen molar-refractivity contribution in [3.63, 3.8) is 0 Å². The largest absolute Gasteiger partial charge is 0.454 e. The van der Waals surface area contributed by atoms with E-state index in [0.717, 1.165) is 10.5 Å². The van der Waals surface area contributed by atoms with Crippen LogP contribution in [-0.2, 0) is 4.74 Å². The van der Waals surface area contributed by atoms with Crippen molar-refractivity contribution in [3.05, 3.63) is 99.0 Å². The van der Waals surface area contributed by atoms with Gasteiger partial charge in [0.2, 0.25) is 0 Å².